The molecule has 1 aromatic heterocycles. The van der Waals surface area contributed by atoms with Crippen molar-refractivity contribution < 1.29 is 0 Å². The minimum absolute atomic E-state index is 0.573. The number of aromatic nitrogens is 2. The fourth-order valence-corrected chi connectivity index (χ4v) is 1.10. The van der Waals surface area contributed by atoms with Gasteiger partial charge in [-0.3, -0.25) is 4.68 Å². The number of hydrogen-bond donors (Lipinski definition) is 1. The fraction of sp³-hybridized carbons (Fsp3) is 0.571. The second-order valence-corrected chi connectivity index (χ2v) is 2.48. The number of rotatable bonds is 1. The smallest absolute Gasteiger partial charge is 0.0626 e. The first-order valence-electron chi connectivity index (χ1n) is 3.36. The summed E-state index contributed by atoms with van der Waals surface area (Å²) < 4.78 is 1.84. The molecule has 0 bridgehead atoms. The van der Waals surface area contributed by atoms with Gasteiger partial charge in [-0.05, 0) is 19.4 Å². The molecule has 0 spiro atoms. The van der Waals surface area contributed by atoms with Crippen molar-refractivity contribution in [3.63, 3.8) is 0 Å². The Labute approximate surface area is 60.8 Å². The lowest BCUT2D eigenvalue weighted by Crippen LogP contribution is -2.05. The molecule has 0 unspecified atom stereocenters. The quantitative estimate of drug-likeness (QED) is 0.615. The number of aryl methyl sites for hydroxylation is 2. The van der Waals surface area contributed by atoms with E-state index in [9.17, 15) is 0 Å². The highest BCUT2D eigenvalue weighted by Gasteiger charge is 2.05. The molecule has 0 radical (unpaired) electrons. The number of nitrogens with zero attached hydrogens (tertiary/aromatic N) is 2. The Balaban J connectivity index is 3.20. The molecule has 3 nitrogen and oxygen atoms in total. The fourth-order valence-electron chi connectivity index (χ4n) is 1.10. The summed E-state index contributed by atoms with van der Waals surface area (Å²) in [6.07, 6.45) is 0. The molecule has 0 aliphatic rings. The zero-order chi connectivity index (χ0) is 7.72. The summed E-state index contributed by atoms with van der Waals surface area (Å²) in [7, 11) is 1.92. The minimum Gasteiger partial charge on any atom is -0.325 e. The predicted octanol–water partition coefficient (Wildman–Crippen LogP) is 0.496. The molecule has 1 heterocycles. The molecular formula is C7H13N3. The maximum atomic E-state index is 5.50. The van der Waals surface area contributed by atoms with E-state index in [1.165, 1.54) is 5.56 Å². The van der Waals surface area contributed by atoms with Gasteiger partial charge in [-0.25, -0.2) is 0 Å². The highest BCUT2D eigenvalue weighted by atomic mass is 15.3. The van der Waals surface area contributed by atoms with Gasteiger partial charge in [0.25, 0.3) is 0 Å². The third-order valence-corrected chi connectivity index (χ3v) is 1.86. The van der Waals surface area contributed by atoms with Crippen molar-refractivity contribution in [2.45, 2.75) is 20.4 Å². The molecule has 0 atom stereocenters. The molecule has 0 saturated carbocycles. The van der Waals surface area contributed by atoms with Gasteiger partial charge in [0.15, 0.2) is 0 Å². The average molecular weight is 139 g/mol. The monoisotopic (exact) mass is 139 g/mol. The van der Waals surface area contributed by atoms with Crippen molar-refractivity contribution in [3.8, 4) is 0 Å². The molecule has 56 valence electrons. The van der Waals surface area contributed by atoms with Crippen molar-refractivity contribution in [1.82, 2.24) is 9.78 Å². The van der Waals surface area contributed by atoms with Crippen LogP contribution in [0.5, 0.6) is 0 Å². The zero-order valence-electron chi connectivity index (χ0n) is 6.68. The van der Waals surface area contributed by atoms with E-state index < -0.39 is 0 Å². The molecule has 0 amide bonds. The topological polar surface area (TPSA) is 43.8 Å². The van der Waals surface area contributed by atoms with Crippen LogP contribution in [-0.4, -0.2) is 9.78 Å². The van der Waals surface area contributed by atoms with Crippen molar-refractivity contribution in [2.75, 3.05) is 0 Å². The van der Waals surface area contributed by atoms with E-state index in [1.54, 1.807) is 0 Å². The summed E-state index contributed by atoms with van der Waals surface area (Å²) >= 11 is 0. The molecule has 10 heavy (non-hydrogen) atoms. The maximum Gasteiger partial charge on any atom is 0.0626 e. The molecule has 0 saturated heterocycles. The van der Waals surface area contributed by atoms with Gasteiger partial charge in [0.05, 0.1) is 11.4 Å². The summed E-state index contributed by atoms with van der Waals surface area (Å²) in [6.45, 7) is 4.61. The average Bonchev–Trinajstić information content (AvgIpc) is 2.09. The van der Waals surface area contributed by atoms with Crippen molar-refractivity contribution in [2.24, 2.45) is 12.8 Å². The summed E-state index contributed by atoms with van der Waals surface area (Å²) in [5, 5.41) is 4.22. The summed E-state index contributed by atoms with van der Waals surface area (Å²) in [6, 6.07) is 0. The van der Waals surface area contributed by atoms with E-state index in [0.29, 0.717) is 6.54 Å². The van der Waals surface area contributed by atoms with E-state index in [-0.39, 0.29) is 0 Å². The molecule has 0 fully saturated rings. The van der Waals surface area contributed by atoms with Gasteiger partial charge in [-0.1, -0.05) is 0 Å². The van der Waals surface area contributed by atoms with Crippen LogP contribution in [0.3, 0.4) is 0 Å². The van der Waals surface area contributed by atoms with Crippen LogP contribution in [0.2, 0.25) is 0 Å². The van der Waals surface area contributed by atoms with Crippen molar-refractivity contribution in [3.05, 3.63) is 17.0 Å². The lowest BCUT2D eigenvalue weighted by atomic mass is 10.2. The van der Waals surface area contributed by atoms with E-state index in [2.05, 4.69) is 5.10 Å². The summed E-state index contributed by atoms with van der Waals surface area (Å²) in [4.78, 5) is 0. The molecule has 0 aliphatic carbocycles. The maximum absolute atomic E-state index is 5.50. The molecule has 2 N–H and O–H groups in total. The van der Waals surface area contributed by atoms with Crippen LogP contribution in [0.25, 0.3) is 0 Å². The zero-order valence-corrected chi connectivity index (χ0v) is 6.68. The van der Waals surface area contributed by atoms with Gasteiger partial charge >= 0.3 is 0 Å². The van der Waals surface area contributed by atoms with Gasteiger partial charge in [0.2, 0.25) is 0 Å². The van der Waals surface area contributed by atoms with E-state index >= 15 is 0 Å². The van der Waals surface area contributed by atoms with Crippen molar-refractivity contribution >= 4 is 0 Å². The minimum atomic E-state index is 0.573. The van der Waals surface area contributed by atoms with E-state index in [4.69, 9.17) is 5.73 Å². The van der Waals surface area contributed by atoms with Gasteiger partial charge < -0.3 is 5.73 Å². The Kier molecular flexibility index (Phi) is 1.76. The molecular weight excluding hydrogens is 126 g/mol. The molecule has 0 aliphatic heterocycles. The second-order valence-electron chi connectivity index (χ2n) is 2.48. The van der Waals surface area contributed by atoms with Gasteiger partial charge in [0.1, 0.15) is 0 Å². The lowest BCUT2D eigenvalue weighted by Gasteiger charge is -1.96. The van der Waals surface area contributed by atoms with Crippen LogP contribution in [0.4, 0.5) is 0 Å². The van der Waals surface area contributed by atoms with Crippen LogP contribution in [0, 0.1) is 13.8 Å². The predicted molar refractivity (Wildman–Crippen MR) is 40.6 cm³/mol. The van der Waals surface area contributed by atoms with Crippen LogP contribution in [0.1, 0.15) is 17.0 Å². The van der Waals surface area contributed by atoms with Crippen molar-refractivity contribution in [1.29, 1.82) is 0 Å². The summed E-state index contributed by atoms with van der Waals surface area (Å²) in [5.41, 5.74) is 8.91. The first kappa shape index (κ1) is 7.28. The Bertz CT molecular complexity index is 237. The molecule has 1 rings (SSSR count). The first-order valence-corrected chi connectivity index (χ1v) is 3.36. The van der Waals surface area contributed by atoms with Gasteiger partial charge in [-0.2, -0.15) is 5.10 Å². The first-order chi connectivity index (χ1) is 4.66. The molecule has 0 aromatic carbocycles. The second kappa shape index (κ2) is 2.42. The van der Waals surface area contributed by atoms with E-state index in [0.717, 1.165) is 11.4 Å². The third kappa shape index (κ3) is 0.926. The van der Waals surface area contributed by atoms with Crippen LogP contribution in [-0.2, 0) is 13.6 Å². The van der Waals surface area contributed by atoms with Crippen LogP contribution < -0.4 is 5.73 Å². The largest absolute Gasteiger partial charge is 0.325 e. The number of nitrogens with two attached hydrogens (primary N) is 1. The lowest BCUT2D eigenvalue weighted by molar-refractivity contribution is 0.704. The Morgan fingerprint density at radius 1 is 1.50 bits per heavy atom. The molecule has 3 heteroatoms. The molecule has 1 aromatic rings. The standard InChI is InChI=1S/C7H13N3/c1-5-6(2)9-10(3)7(5)4-8/h4,8H2,1-3H3. The van der Waals surface area contributed by atoms with Gasteiger partial charge in [-0.15, -0.1) is 0 Å². The Morgan fingerprint density at radius 3 is 2.30 bits per heavy atom. The van der Waals surface area contributed by atoms with Crippen LogP contribution in [0.15, 0.2) is 0 Å². The SMILES string of the molecule is Cc1nn(C)c(CN)c1C. The number of hydrogen-bond acceptors (Lipinski definition) is 2. The Hall–Kier alpha value is -0.830. The highest BCUT2D eigenvalue weighted by Crippen LogP contribution is 2.09. The van der Waals surface area contributed by atoms with Gasteiger partial charge in [0, 0.05) is 13.6 Å². The van der Waals surface area contributed by atoms with E-state index in [1.807, 2.05) is 25.6 Å². The normalized spacial score (nSPS) is 10.4. The highest BCUT2D eigenvalue weighted by molar-refractivity contribution is 5.22. The third-order valence-electron chi connectivity index (χ3n) is 1.86. The van der Waals surface area contributed by atoms with Crippen LogP contribution >= 0.6 is 0 Å². The Morgan fingerprint density at radius 2 is 2.10 bits per heavy atom. The summed E-state index contributed by atoms with van der Waals surface area (Å²) in [5.74, 6) is 0.